The summed E-state index contributed by atoms with van der Waals surface area (Å²) in [6.07, 6.45) is 6.01. The van der Waals surface area contributed by atoms with Crippen LogP contribution in [0.4, 0.5) is 24.9 Å². The van der Waals surface area contributed by atoms with Crippen LogP contribution in [0.5, 0.6) is 0 Å². The van der Waals surface area contributed by atoms with Crippen LogP contribution in [-0.4, -0.2) is 67.9 Å². The predicted molar refractivity (Wildman–Crippen MR) is 182 cm³/mol. The number of hydrogen-bond donors (Lipinski definition) is 5. The highest BCUT2D eigenvalue weighted by atomic mass is 32.1. The van der Waals surface area contributed by atoms with Gasteiger partial charge in [0.25, 0.3) is 5.79 Å². The van der Waals surface area contributed by atoms with Crippen LogP contribution in [-0.2, 0) is 23.7 Å². The molecule has 0 radical (unpaired) electrons. The molecular formula is C34H37F3N8O3S. The lowest BCUT2D eigenvalue weighted by molar-refractivity contribution is -0.356. The number of terminal acetylenes is 1. The molecule has 49 heavy (non-hydrogen) atoms. The van der Waals surface area contributed by atoms with E-state index in [1.54, 1.807) is 7.05 Å². The number of carbonyl (C=O) groups excluding carboxylic acids is 1. The number of anilines is 2. The number of fused-ring (bicyclic) bond motifs is 2. The van der Waals surface area contributed by atoms with Gasteiger partial charge in [0, 0.05) is 55.2 Å². The Morgan fingerprint density at radius 3 is 2.45 bits per heavy atom. The Labute approximate surface area is 285 Å². The van der Waals surface area contributed by atoms with Crippen molar-refractivity contribution in [1.82, 2.24) is 24.8 Å². The maximum absolute atomic E-state index is 13.3. The third-order valence-corrected chi connectivity index (χ3v) is 9.98. The summed E-state index contributed by atoms with van der Waals surface area (Å²) in [5, 5.41) is 39.8. The quantitative estimate of drug-likeness (QED) is 0.115. The summed E-state index contributed by atoms with van der Waals surface area (Å²) in [4.78, 5) is 22.7. The van der Waals surface area contributed by atoms with Gasteiger partial charge in [-0.1, -0.05) is 12.6 Å². The van der Waals surface area contributed by atoms with Crippen molar-refractivity contribution in [1.29, 1.82) is 5.26 Å². The SMILES string of the molecule is C#C.C=C(Cn1c(C#N)cc2c(C)c(CN3CCC(Nc4nc(NC)nc5sc(C(O)(O)C(F)(F)F)cc45)CC3)ccc21)NC(=O)C1CC1. The normalized spacial score (nSPS) is 15.8. The number of aromatic nitrogens is 3. The molecule has 3 aromatic heterocycles. The van der Waals surface area contributed by atoms with Gasteiger partial charge in [-0.2, -0.15) is 23.4 Å². The summed E-state index contributed by atoms with van der Waals surface area (Å²) in [5.74, 6) is -3.42. The smallest absolute Gasteiger partial charge is 0.367 e. The first-order valence-corrected chi connectivity index (χ1v) is 16.4. The molecule has 0 atom stereocenters. The molecule has 4 aromatic rings. The molecule has 5 N–H and O–H groups in total. The highest BCUT2D eigenvalue weighted by molar-refractivity contribution is 7.18. The molecule has 0 spiro atoms. The van der Waals surface area contributed by atoms with Crippen LogP contribution in [0.2, 0.25) is 0 Å². The highest BCUT2D eigenvalue weighted by Crippen LogP contribution is 2.43. The van der Waals surface area contributed by atoms with Gasteiger partial charge in [0.2, 0.25) is 11.9 Å². The number of hydrogen-bond acceptors (Lipinski definition) is 10. The van der Waals surface area contributed by atoms with E-state index in [0.717, 1.165) is 66.9 Å². The fourth-order valence-corrected chi connectivity index (χ4v) is 6.97. The molecule has 11 nitrogen and oxygen atoms in total. The van der Waals surface area contributed by atoms with Crippen molar-refractivity contribution in [2.24, 2.45) is 5.92 Å². The zero-order valence-corrected chi connectivity index (χ0v) is 27.9. The number of allylic oxidation sites excluding steroid dienone is 1. The molecule has 1 saturated carbocycles. The molecule has 1 aliphatic carbocycles. The molecule has 15 heteroatoms. The van der Waals surface area contributed by atoms with E-state index < -0.39 is 16.8 Å². The molecule has 1 saturated heterocycles. The van der Waals surface area contributed by atoms with Crippen LogP contribution in [0.25, 0.3) is 21.1 Å². The average Bonchev–Trinajstić information content (AvgIpc) is 3.74. The number of nitrogens with zero attached hydrogens (tertiary/aromatic N) is 5. The van der Waals surface area contributed by atoms with Gasteiger partial charge in [-0.25, -0.2) is 4.98 Å². The summed E-state index contributed by atoms with van der Waals surface area (Å²) in [6, 6.07) is 9.28. The lowest BCUT2D eigenvalue weighted by Gasteiger charge is -2.33. The lowest BCUT2D eigenvalue weighted by atomic mass is 10.0. The van der Waals surface area contributed by atoms with E-state index in [-0.39, 0.29) is 34.0 Å². The predicted octanol–water partition coefficient (Wildman–Crippen LogP) is 4.93. The molecule has 1 amide bonds. The molecule has 0 bridgehead atoms. The number of rotatable bonds is 10. The van der Waals surface area contributed by atoms with Gasteiger partial charge in [0.1, 0.15) is 22.4 Å². The van der Waals surface area contributed by atoms with E-state index in [1.165, 1.54) is 0 Å². The standard InChI is InChI=1S/C32H35F3N8O3S.C2H2/c1-17(38-28(44)19-4-5-19)15-43-22(14-36)12-23-18(2)20(6-7-25(23)43)16-42-10-8-21(9-11-42)39-27-24-13-26(31(45,46)32(33,34)35)47-29(24)41-30(37-3)40-27;1-2/h6-7,12-13,19,21,45-46H,1,4-5,8-11,15-16H2,2-3H3,(H,38,44)(H2,37,39,40,41);1-2H. The number of nitriles is 1. The number of aryl methyl sites for hydroxylation is 1. The second-order valence-electron chi connectivity index (χ2n) is 12.2. The van der Waals surface area contributed by atoms with Crippen molar-refractivity contribution in [2.45, 2.75) is 63.7 Å². The molecule has 1 aliphatic heterocycles. The Kier molecular flexibility index (Phi) is 10.2. The molecule has 2 aliphatic rings. The first-order chi connectivity index (χ1) is 23.3. The Morgan fingerprint density at radius 1 is 1.14 bits per heavy atom. The zero-order chi connectivity index (χ0) is 35.7. The van der Waals surface area contributed by atoms with Gasteiger partial charge in [-0.3, -0.25) is 9.69 Å². The van der Waals surface area contributed by atoms with Crippen molar-refractivity contribution < 1.29 is 28.2 Å². The largest absolute Gasteiger partial charge is 0.448 e. The van der Waals surface area contributed by atoms with E-state index in [4.69, 9.17) is 0 Å². The number of halogens is 3. The van der Waals surface area contributed by atoms with Crippen LogP contribution < -0.4 is 16.0 Å². The summed E-state index contributed by atoms with van der Waals surface area (Å²) >= 11 is 0.553. The number of aliphatic hydroxyl groups is 2. The first-order valence-electron chi connectivity index (χ1n) is 15.6. The summed E-state index contributed by atoms with van der Waals surface area (Å²) in [6.45, 7) is 8.58. The molecule has 1 aromatic carbocycles. The minimum absolute atomic E-state index is 0.0164. The molecule has 0 unspecified atom stereocenters. The van der Waals surface area contributed by atoms with E-state index in [0.29, 0.717) is 41.6 Å². The number of piperidine rings is 1. The fraction of sp³-hybridized carbons (Fsp3) is 0.412. The summed E-state index contributed by atoms with van der Waals surface area (Å²) in [7, 11) is 1.59. The third kappa shape index (κ3) is 7.35. The number of thiophene rings is 1. The minimum atomic E-state index is -5.28. The van der Waals surface area contributed by atoms with E-state index >= 15 is 0 Å². The average molecular weight is 695 g/mol. The molecular weight excluding hydrogens is 657 g/mol. The summed E-state index contributed by atoms with van der Waals surface area (Å²) < 4.78 is 41.8. The van der Waals surface area contributed by atoms with Crippen molar-refractivity contribution in [2.75, 3.05) is 30.8 Å². The lowest BCUT2D eigenvalue weighted by Crippen LogP contribution is -2.41. The maximum atomic E-state index is 13.3. The number of alkyl halides is 3. The minimum Gasteiger partial charge on any atom is -0.367 e. The number of benzene rings is 1. The topological polar surface area (TPSA) is 151 Å². The Balaban J connectivity index is 0.00000230. The highest BCUT2D eigenvalue weighted by Gasteiger charge is 2.55. The van der Waals surface area contributed by atoms with Crippen molar-refractivity contribution in [3.05, 3.63) is 58.2 Å². The van der Waals surface area contributed by atoms with Gasteiger partial charge >= 0.3 is 6.18 Å². The second-order valence-corrected chi connectivity index (χ2v) is 13.2. The van der Waals surface area contributed by atoms with Crippen molar-refractivity contribution in [3.63, 3.8) is 0 Å². The monoisotopic (exact) mass is 694 g/mol. The van der Waals surface area contributed by atoms with Crippen molar-refractivity contribution in [3.8, 4) is 18.9 Å². The van der Waals surface area contributed by atoms with Crippen LogP contribution in [0.3, 0.4) is 0 Å². The van der Waals surface area contributed by atoms with E-state index in [9.17, 15) is 33.4 Å². The Morgan fingerprint density at radius 2 is 1.84 bits per heavy atom. The maximum Gasteiger partial charge on any atom is 0.448 e. The van der Waals surface area contributed by atoms with Crippen LogP contribution in [0.15, 0.2) is 36.5 Å². The number of nitrogens with one attached hydrogen (secondary N) is 3. The van der Waals surface area contributed by atoms with Crippen LogP contribution in [0.1, 0.15) is 47.4 Å². The summed E-state index contributed by atoms with van der Waals surface area (Å²) in [5.41, 5.74) is 4.15. The van der Waals surface area contributed by atoms with E-state index in [1.807, 2.05) is 23.6 Å². The number of likely N-dealkylation sites (tertiary alicyclic amines) is 1. The number of carbonyl (C=O) groups is 1. The molecule has 4 heterocycles. The molecule has 258 valence electrons. The molecule has 6 rings (SSSR count). The fourth-order valence-electron chi connectivity index (χ4n) is 5.93. The van der Waals surface area contributed by atoms with Crippen LogP contribution >= 0.6 is 11.3 Å². The third-order valence-electron chi connectivity index (χ3n) is 8.86. The van der Waals surface area contributed by atoms with Gasteiger partial charge < -0.3 is 30.7 Å². The van der Waals surface area contributed by atoms with Gasteiger partial charge in [0.15, 0.2) is 0 Å². The number of amides is 1. The molecule has 2 fully saturated rings. The first kappa shape index (κ1) is 35.6. The zero-order valence-electron chi connectivity index (χ0n) is 27.1. The van der Waals surface area contributed by atoms with E-state index in [2.05, 4.69) is 62.4 Å². The second kappa shape index (κ2) is 14.1. The van der Waals surface area contributed by atoms with Crippen molar-refractivity contribution >= 4 is 50.1 Å². The van der Waals surface area contributed by atoms with Gasteiger partial charge in [-0.15, -0.1) is 24.2 Å². The Bertz CT molecular complexity index is 1950. The van der Waals surface area contributed by atoms with Crippen LogP contribution in [0, 0.1) is 37.0 Å². The van der Waals surface area contributed by atoms with Gasteiger partial charge in [0.05, 0.1) is 16.8 Å². The Hall–Kier alpha value is -4.67. The van der Waals surface area contributed by atoms with Gasteiger partial charge in [-0.05, 0) is 61.9 Å².